The van der Waals surface area contributed by atoms with Crippen molar-refractivity contribution in [1.29, 1.82) is 0 Å². The third kappa shape index (κ3) is 2.86. The Balaban J connectivity index is 2.46. The molecule has 76 valence electrons. The molecule has 0 aromatic carbocycles. The number of aliphatic hydroxyl groups excluding tert-OH is 1. The van der Waals surface area contributed by atoms with Crippen molar-refractivity contribution < 1.29 is 14.6 Å². The highest BCUT2D eigenvalue weighted by Crippen LogP contribution is 2.08. The fraction of sp³-hybridized carbons (Fsp3) is 0.875. The van der Waals surface area contributed by atoms with Crippen LogP contribution in [0.1, 0.15) is 6.92 Å². The largest absolute Gasteiger partial charge is 0.394 e. The van der Waals surface area contributed by atoms with Crippen LogP contribution in [0, 0.1) is 0 Å². The second kappa shape index (κ2) is 4.83. The highest BCUT2D eigenvalue weighted by molar-refractivity contribution is 7.81. The van der Waals surface area contributed by atoms with Gasteiger partial charge in [0.25, 0.3) is 0 Å². The number of nitrogens with zero attached hydrogens (tertiary/aromatic N) is 1. The Morgan fingerprint density at radius 2 is 2.54 bits per heavy atom. The number of morpholine rings is 1. The van der Waals surface area contributed by atoms with Gasteiger partial charge in [0.1, 0.15) is 0 Å². The van der Waals surface area contributed by atoms with Gasteiger partial charge in [0.15, 0.2) is 0 Å². The Morgan fingerprint density at radius 3 is 3.08 bits per heavy atom. The van der Waals surface area contributed by atoms with E-state index in [2.05, 4.69) is 12.6 Å². The van der Waals surface area contributed by atoms with Gasteiger partial charge in [-0.25, -0.2) is 0 Å². The fourth-order valence-electron chi connectivity index (χ4n) is 1.29. The van der Waals surface area contributed by atoms with E-state index in [1.807, 2.05) is 0 Å². The minimum absolute atomic E-state index is 0.00471. The van der Waals surface area contributed by atoms with Crippen LogP contribution in [0.2, 0.25) is 0 Å². The van der Waals surface area contributed by atoms with Crippen molar-refractivity contribution >= 4 is 18.5 Å². The van der Waals surface area contributed by atoms with Gasteiger partial charge in [-0.2, -0.15) is 12.6 Å². The number of ether oxygens (including phenoxy) is 1. The second-order valence-electron chi connectivity index (χ2n) is 3.14. The van der Waals surface area contributed by atoms with E-state index >= 15 is 0 Å². The zero-order valence-electron chi connectivity index (χ0n) is 7.64. The molecule has 1 rings (SSSR count). The van der Waals surface area contributed by atoms with Crippen molar-refractivity contribution in [2.24, 2.45) is 0 Å². The van der Waals surface area contributed by atoms with E-state index in [-0.39, 0.29) is 23.9 Å². The van der Waals surface area contributed by atoms with Gasteiger partial charge in [0, 0.05) is 13.1 Å². The number of amides is 1. The maximum absolute atomic E-state index is 11.5. The molecule has 0 spiro atoms. The number of rotatable bonds is 2. The summed E-state index contributed by atoms with van der Waals surface area (Å²) in [6.45, 7) is 3.28. The van der Waals surface area contributed by atoms with Gasteiger partial charge in [0.2, 0.25) is 5.91 Å². The van der Waals surface area contributed by atoms with E-state index in [0.29, 0.717) is 19.7 Å². The predicted octanol–water partition coefficient (Wildman–Crippen LogP) is -0.476. The number of thiol groups is 1. The molecular weight excluding hydrogens is 190 g/mol. The summed E-state index contributed by atoms with van der Waals surface area (Å²) < 4.78 is 5.22. The molecule has 0 bridgehead atoms. The van der Waals surface area contributed by atoms with Crippen LogP contribution in [-0.2, 0) is 9.53 Å². The molecule has 1 N–H and O–H groups in total. The van der Waals surface area contributed by atoms with Crippen LogP contribution >= 0.6 is 12.6 Å². The topological polar surface area (TPSA) is 49.8 Å². The summed E-state index contributed by atoms with van der Waals surface area (Å²) in [5.74, 6) is 0.00471. The first-order valence-electron chi connectivity index (χ1n) is 4.34. The molecule has 2 atom stereocenters. The first-order chi connectivity index (χ1) is 6.15. The molecule has 0 saturated carbocycles. The van der Waals surface area contributed by atoms with Gasteiger partial charge >= 0.3 is 0 Å². The summed E-state index contributed by atoms with van der Waals surface area (Å²) in [6, 6.07) is 0. The first kappa shape index (κ1) is 10.8. The highest BCUT2D eigenvalue weighted by atomic mass is 32.1. The second-order valence-corrected chi connectivity index (χ2v) is 3.91. The predicted molar refractivity (Wildman–Crippen MR) is 51.9 cm³/mol. The molecule has 1 saturated heterocycles. The van der Waals surface area contributed by atoms with Crippen molar-refractivity contribution in [2.75, 3.05) is 26.3 Å². The zero-order valence-corrected chi connectivity index (χ0v) is 8.54. The fourth-order valence-corrected chi connectivity index (χ4v) is 1.46. The summed E-state index contributed by atoms with van der Waals surface area (Å²) in [4.78, 5) is 13.2. The minimum Gasteiger partial charge on any atom is -0.394 e. The maximum atomic E-state index is 11.5. The van der Waals surface area contributed by atoms with E-state index in [1.54, 1.807) is 11.8 Å². The quantitative estimate of drug-likeness (QED) is 0.599. The molecule has 2 unspecified atom stereocenters. The summed E-state index contributed by atoms with van der Waals surface area (Å²) >= 11 is 4.07. The van der Waals surface area contributed by atoms with Gasteiger partial charge in [-0.3, -0.25) is 4.79 Å². The van der Waals surface area contributed by atoms with Crippen molar-refractivity contribution in [3.05, 3.63) is 0 Å². The van der Waals surface area contributed by atoms with Crippen molar-refractivity contribution in [1.82, 2.24) is 4.90 Å². The Hall–Kier alpha value is -0.260. The summed E-state index contributed by atoms with van der Waals surface area (Å²) in [5.41, 5.74) is 0. The zero-order chi connectivity index (χ0) is 9.84. The molecule has 1 amide bonds. The van der Waals surface area contributed by atoms with Crippen LogP contribution in [0.15, 0.2) is 0 Å². The maximum Gasteiger partial charge on any atom is 0.235 e. The van der Waals surface area contributed by atoms with E-state index in [1.165, 1.54) is 0 Å². The third-order valence-corrected chi connectivity index (χ3v) is 2.23. The van der Waals surface area contributed by atoms with Gasteiger partial charge in [-0.05, 0) is 6.92 Å². The number of hydrogen-bond acceptors (Lipinski definition) is 4. The number of aliphatic hydroxyl groups is 1. The first-order valence-corrected chi connectivity index (χ1v) is 4.86. The van der Waals surface area contributed by atoms with Crippen LogP contribution in [0.5, 0.6) is 0 Å². The van der Waals surface area contributed by atoms with Crippen molar-refractivity contribution in [3.63, 3.8) is 0 Å². The van der Waals surface area contributed by atoms with E-state index < -0.39 is 0 Å². The van der Waals surface area contributed by atoms with Crippen LogP contribution in [0.25, 0.3) is 0 Å². The molecule has 0 aromatic rings. The average Bonchev–Trinajstić information content (AvgIpc) is 2.16. The number of carbonyl (C=O) groups is 1. The van der Waals surface area contributed by atoms with Crippen LogP contribution in [0.4, 0.5) is 0 Å². The van der Waals surface area contributed by atoms with E-state index in [0.717, 1.165) is 0 Å². The molecule has 0 aromatic heterocycles. The van der Waals surface area contributed by atoms with Gasteiger partial charge < -0.3 is 14.7 Å². The molecular formula is C8H15NO3S. The van der Waals surface area contributed by atoms with Crippen molar-refractivity contribution in [3.8, 4) is 0 Å². The lowest BCUT2D eigenvalue weighted by molar-refractivity contribution is -0.139. The lowest BCUT2D eigenvalue weighted by Crippen LogP contribution is -2.48. The van der Waals surface area contributed by atoms with Gasteiger partial charge in [-0.1, -0.05) is 0 Å². The van der Waals surface area contributed by atoms with E-state index in [9.17, 15) is 4.79 Å². The normalized spacial score (nSPS) is 25.8. The Kier molecular flexibility index (Phi) is 4.02. The molecule has 0 radical (unpaired) electrons. The summed E-state index contributed by atoms with van der Waals surface area (Å²) in [7, 11) is 0. The summed E-state index contributed by atoms with van der Waals surface area (Å²) in [6.07, 6.45) is -0.232. The Bertz CT molecular complexity index is 186. The lowest BCUT2D eigenvalue weighted by Gasteiger charge is -2.32. The monoisotopic (exact) mass is 205 g/mol. The minimum atomic E-state index is -0.280. The SMILES string of the molecule is CC(S)C(=O)N1CCOC(CO)C1. The van der Waals surface area contributed by atoms with Gasteiger partial charge in [-0.15, -0.1) is 0 Å². The molecule has 1 fully saturated rings. The third-order valence-electron chi connectivity index (χ3n) is 2.01. The van der Waals surface area contributed by atoms with Crippen LogP contribution in [0.3, 0.4) is 0 Å². The average molecular weight is 205 g/mol. The standard InChI is InChI=1S/C8H15NO3S/c1-6(13)8(11)9-2-3-12-7(4-9)5-10/h6-7,10,13H,2-5H2,1H3. The molecule has 1 heterocycles. The lowest BCUT2D eigenvalue weighted by atomic mass is 10.2. The Labute approximate surface area is 83.3 Å². The molecule has 5 heteroatoms. The molecule has 0 aliphatic carbocycles. The molecule has 1 aliphatic rings. The summed E-state index contributed by atoms with van der Waals surface area (Å²) in [5, 5.41) is 8.57. The van der Waals surface area contributed by atoms with Gasteiger partial charge in [0.05, 0.1) is 24.6 Å². The number of hydrogen-bond donors (Lipinski definition) is 2. The highest BCUT2D eigenvalue weighted by Gasteiger charge is 2.25. The Morgan fingerprint density at radius 1 is 1.85 bits per heavy atom. The molecule has 4 nitrogen and oxygen atoms in total. The van der Waals surface area contributed by atoms with E-state index in [4.69, 9.17) is 9.84 Å². The smallest absolute Gasteiger partial charge is 0.235 e. The molecule has 13 heavy (non-hydrogen) atoms. The number of carbonyl (C=O) groups excluding carboxylic acids is 1. The van der Waals surface area contributed by atoms with Crippen LogP contribution in [-0.4, -0.2) is 53.6 Å². The van der Waals surface area contributed by atoms with Crippen LogP contribution < -0.4 is 0 Å². The van der Waals surface area contributed by atoms with Crippen molar-refractivity contribution in [2.45, 2.75) is 18.3 Å². The molecule has 1 aliphatic heterocycles.